The van der Waals surface area contributed by atoms with Crippen LogP contribution >= 0.6 is 0 Å². The average Bonchev–Trinajstić information content (AvgIpc) is 3.38. The van der Waals surface area contributed by atoms with E-state index >= 15 is 0 Å². The molecule has 2 aromatic heterocycles. The molecule has 1 aliphatic rings. The van der Waals surface area contributed by atoms with Gasteiger partial charge in [0.1, 0.15) is 6.10 Å². The molecule has 1 fully saturated rings. The van der Waals surface area contributed by atoms with Crippen molar-refractivity contribution >= 4 is 0 Å². The van der Waals surface area contributed by atoms with Crippen LogP contribution in [0.15, 0.2) is 55.0 Å². The second-order valence-corrected chi connectivity index (χ2v) is 6.88. The van der Waals surface area contributed by atoms with Crippen molar-refractivity contribution in [3.63, 3.8) is 0 Å². The predicted octanol–water partition coefficient (Wildman–Crippen LogP) is 2.53. The first-order valence-electron chi connectivity index (χ1n) is 9.15. The van der Waals surface area contributed by atoms with Crippen molar-refractivity contribution in [2.24, 2.45) is 13.0 Å². The molecule has 0 aliphatic carbocycles. The number of hydrogen-bond acceptors (Lipinski definition) is 4. The lowest BCUT2D eigenvalue weighted by molar-refractivity contribution is 0.0838. The molecule has 136 valence electrons. The Hall–Kier alpha value is -2.44. The Kier molecular flexibility index (Phi) is 5.13. The van der Waals surface area contributed by atoms with Gasteiger partial charge in [-0.2, -0.15) is 10.2 Å². The molecule has 2 atom stereocenters. The molecule has 0 bridgehead atoms. The molecule has 1 saturated heterocycles. The third kappa shape index (κ3) is 3.86. The molecule has 0 saturated carbocycles. The van der Waals surface area contributed by atoms with E-state index in [-0.39, 0.29) is 6.10 Å². The largest absolute Gasteiger partial charge is 0.372 e. The fraction of sp³-hybridized carbons (Fsp3) is 0.400. The standard InChI is InChI=1S/C20H25N5O/c1-24-19(7-9-22-24)20-18(8-10-26-20)13-21-11-17-12-23-25(15-17)14-16-5-3-2-4-6-16/h2-7,9,12,15,18,20-21H,8,10-11,13-14H2,1H3/t18-,20+/m0/s1. The van der Waals surface area contributed by atoms with E-state index in [0.717, 1.165) is 38.4 Å². The van der Waals surface area contributed by atoms with E-state index in [1.54, 1.807) is 0 Å². The Morgan fingerprint density at radius 1 is 1.15 bits per heavy atom. The molecule has 4 rings (SSSR count). The smallest absolute Gasteiger partial charge is 0.103 e. The molecule has 1 aliphatic heterocycles. The molecule has 1 aromatic carbocycles. The van der Waals surface area contributed by atoms with Gasteiger partial charge in [-0.3, -0.25) is 9.36 Å². The van der Waals surface area contributed by atoms with E-state index < -0.39 is 0 Å². The second kappa shape index (κ2) is 7.85. The Morgan fingerprint density at radius 3 is 2.85 bits per heavy atom. The van der Waals surface area contributed by atoms with Crippen molar-refractivity contribution < 1.29 is 4.74 Å². The number of aryl methyl sites for hydroxylation is 1. The van der Waals surface area contributed by atoms with Crippen LogP contribution in [-0.4, -0.2) is 32.7 Å². The number of aromatic nitrogens is 4. The molecular weight excluding hydrogens is 326 g/mol. The van der Waals surface area contributed by atoms with Crippen molar-refractivity contribution in [3.05, 3.63) is 71.8 Å². The summed E-state index contributed by atoms with van der Waals surface area (Å²) in [5.74, 6) is 0.477. The molecular formula is C20H25N5O. The van der Waals surface area contributed by atoms with E-state index in [0.29, 0.717) is 5.92 Å². The minimum absolute atomic E-state index is 0.135. The number of hydrogen-bond donors (Lipinski definition) is 1. The lowest BCUT2D eigenvalue weighted by Crippen LogP contribution is -2.25. The Morgan fingerprint density at radius 2 is 2.04 bits per heavy atom. The number of nitrogens with one attached hydrogen (secondary N) is 1. The number of rotatable bonds is 7. The topological polar surface area (TPSA) is 56.9 Å². The van der Waals surface area contributed by atoms with Crippen LogP contribution in [0.5, 0.6) is 0 Å². The maximum atomic E-state index is 5.95. The maximum absolute atomic E-state index is 5.95. The third-order valence-electron chi connectivity index (χ3n) is 4.97. The number of ether oxygens (including phenoxy) is 1. The molecule has 0 amide bonds. The van der Waals surface area contributed by atoms with Crippen LogP contribution in [0.1, 0.15) is 29.3 Å². The zero-order valence-electron chi connectivity index (χ0n) is 15.1. The number of benzene rings is 1. The normalized spacial score (nSPS) is 19.9. The van der Waals surface area contributed by atoms with Crippen LogP contribution in [-0.2, 0) is 24.9 Å². The van der Waals surface area contributed by atoms with E-state index in [4.69, 9.17) is 4.74 Å². The Labute approximate surface area is 153 Å². The van der Waals surface area contributed by atoms with Crippen LogP contribution in [0.4, 0.5) is 0 Å². The molecule has 0 radical (unpaired) electrons. The summed E-state index contributed by atoms with van der Waals surface area (Å²) in [6.07, 6.45) is 7.11. The summed E-state index contributed by atoms with van der Waals surface area (Å²) in [5.41, 5.74) is 3.62. The highest BCUT2D eigenvalue weighted by Gasteiger charge is 2.31. The summed E-state index contributed by atoms with van der Waals surface area (Å²) in [6.45, 7) is 3.38. The van der Waals surface area contributed by atoms with Crippen LogP contribution in [0.2, 0.25) is 0 Å². The summed E-state index contributed by atoms with van der Waals surface area (Å²) in [7, 11) is 1.97. The highest BCUT2D eigenvalue weighted by atomic mass is 16.5. The summed E-state index contributed by atoms with van der Waals surface area (Å²) >= 11 is 0. The Balaban J connectivity index is 1.29. The fourth-order valence-corrected chi connectivity index (χ4v) is 3.59. The first-order chi connectivity index (χ1) is 12.8. The van der Waals surface area contributed by atoms with Gasteiger partial charge in [-0.05, 0) is 18.1 Å². The first-order valence-corrected chi connectivity index (χ1v) is 9.15. The van der Waals surface area contributed by atoms with Crippen molar-refractivity contribution in [1.29, 1.82) is 0 Å². The SMILES string of the molecule is Cn1nccc1[C@@H]1OCC[C@H]1CNCc1cnn(Cc2ccccc2)c1. The van der Waals surface area contributed by atoms with Gasteiger partial charge in [0, 0.05) is 50.6 Å². The highest BCUT2D eigenvalue weighted by Crippen LogP contribution is 2.33. The highest BCUT2D eigenvalue weighted by molar-refractivity contribution is 5.15. The lowest BCUT2D eigenvalue weighted by atomic mass is 9.99. The molecule has 26 heavy (non-hydrogen) atoms. The van der Waals surface area contributed by atoms with Gasteiger partial charge in [0.15, 0.2) is 0 Å². The summed E-state index contributed by atoms with van der Waals surface area (Å²) in [4.78, 5) is 0. The maximum Gasteiger partial charge on any atom is 0.103 e. The molecule has 0 unspecified atom stereocenters. The third-order valence-corrected chi connectivity index (χ3v) is 4.97. The van der Waals surface area contributed by atoms with Crippen LogP contribution in [0, 0.1) is 5.92 Å². The second-order valence-electron chi connectivity index (χ2n) is 6.88. The molecule has 6 nitrogen and oxygen atoms in total. The van der Waals surface area contributed by atoms with Gasteiger partial charge in [-0.1, -0.05) is 30.3 Å². The van der Waals surface area contributed by atoms with Gasteiger partial charge in [0.2, 0.25) is 0 Å². The van der Waals surface area contributed by atoms with Crippen molar-refractivity contribution in [1.82, 2.24) is 24.9 Å². The monoisotopic (exact) mass is 351 g/mol. The predicted molar refractivity (Wildman–Crippen MR) is 99.5 cm³/mol. The lowest BCUT2D eigenvalue weighted by Gasteiger charge is -2.19. The summed E-state index contributed by atoms with van der Waals surface area (Å²) in [6, 6.07) is 12.5. The quantitative estimate of drug-likeness (QED) is 0.711. The van der Waals surface area contributed by atoms with Crippen molar-refractivity contribution in [3.8, 4) is 0 Å². The first kappa shape index (κ1) is 17.0. The minimum Gasteiger partial charge on any atom is -0.372 e. The zero-order chi connectivity index (χ0) is 17.8. The number of nitrogens with zero attached hydrogens (tertiary/aromatic N) is 4. The van der Waals surface area contributed by atoms with Crippen LogP contribution in [0.3, 0.4) is 0 Å². The molecule has 3 aromatic rings. The van der Waals surface area contributed by atoms with E-state index in [2.05, 4.69) is 52.0 Å². The Bertz CT molecular complexity index is 826. The zero-order valence-corrected chi connectivity index (χ0v) is 15.1. The van der Waals surface area contributed by atoms with E-state index in [1.165, 1.54) is 11.1 Å². The fourth-order valence-electron chi connectivity index (χ4n) is 3.59. The van der Waals surface area contributed by atoms with Crippen molar-refractivity contribution in [2.45, 2.75) is 25.6 Å². The van der Waals surface area contributed by atoms with Crippen LogP contribution < -0.4 is 5.32 Å². The molecule has 6 heteroatoms. The van der Waals surface area contributed by atoms with Gasteiger partial charge in [0.05, 0.1) is 18.4 Å². The molecule has 0 spiro atoms. The van der Waals surface area contributed by atoms with Crippen molar-refractivity contribution in [2.75, 3.05) is 13.2 Å². The minimum atomic E-state index is 0.135. The van der Waals surface area contributed by atoms with Gasteiger partial charge < -0.3 is 10.1 Å². The van der Waals surface area contributed by atoms with Gasteiger partial charge >= 0.3 is 0 Å². The van der Waals surface area contributed by atoms with E-state index in [1.807, 2.05) is 34.9 Å². The van der Waals surface area contributed by atoms with Gasteiger partial charge in [-0.15, -0.1) is 0 Å². The van der Waals surface area contributed by atoms with E-state index in [9.17, 15) is 0 Å². The summed E-state index contributed by atoms with van der Waals surface area (Å²) in [5, 5.41) is 12.3. The van der Waals surface area contributed by atoms with Gasteiger partial charge in [-0.25, -0.2) is 0 Å². The van der Waals surface area contributed by atoms with Crippen LogP contribution in [0.25, 0.3) is 0 Å². The van der Waals surface area contributed by atoms with Gasteiger partial charge in [0.25, 0.3) is 0 Å². The average molecular weight is 351 g/mol. The molecule has 3 heterocycles. The molecule has 1 N–H and O–H groups in total. The summed E-state index contributed by atoms with van der Waals surface area (Å²) < 4.78 is 9.85.